The van der Waals surface area contributed by atoms with E-state index < -0.39 is 17.7 Å². The normalized spacial score (nSPS) is 16.4. The van der Waals surface area contributed by atoms with Crippen LogP contribution in [0, 0.1) is 0 Å². The molecule has 4 rings (SSSR count). The van der Waals surface area contributed by atoms with Gasteiger partial charge in [0.15, 0.2) is 11.5 Å². The predicted octanol–water partition coefficient (Wildman–Crippen LogP) is 4.41. The highest BCUT2D eigenvalue weighted by molar-refractivity contribution is 6.51. The van der Waals surface area contributed by atoms with Crippen molar-refractivity contribution in [2.45, 2.75) is 6.04 Å². The lowest BCUT2D eigenvalue weighted by atomic mass is 9.94. The second kappa shape index (κ2) is 10.8. The summed E-state index contributed by atoms with van der Waals surface area (Å²) in [6, 6.07) is 16.3. The Morgan fingerprint density at radius 2 is 1.45 bits per heavy atom. The summed E-state index contributed by atoms with van der Waals surface area (Å²) in [6.07, 6.45) is 0. The van der Waals surface area contributed by atoms with Gasteiger partial charge in [0.2, 0.25) is 0 Å². The van der Waals surface area contributed by atoms with E-state index in [1.807, 2.05) is 43.3 Å². The van der Waals surface area contributed by atoms with Gasteiger partial charge >= 0.3 is 0 Å². The van der Waals surface area contributed by atoms with Gasteiger partial charge in [0, 0.05) is 37.6 Å². The van der Waals surface area contributed by atoms with Gasteiger partial charge in [0.05, 0.1) is 45.6 Å². The van der Waals surface area contributed by atoms with Gasteiger partial charge in [-0.1, -0.05) is 12.1 Å². The number of ether oxygens (including phenoxy) is 4. The first-order valence-corrected chi connectivity index (χ1v) is 11.8. The summed E-state index contributed by atoms with van der Waals surface area (Å²) in [4.78, 5) is 30.3. The highest BCUT2D eigenvalue weighted by Crippen LogP contribution is 2.45. The molecule has 1 unspecified atom stereocenters. The first kappa shape index (κ1) is 26.4. The molecule has 1 fully saturated rings. The average molecular weight is 519 g/mol. The van der Waals surface area contributed by atoms with Crippen molar-refractivity contribution in [3.05, 3.63) is 77.4 Å². The van der Waals surface area contributed by atoms with E-state index >= 15 is 0 Å². The van der Waals surface area contributed by atoms with E-state index in [9.17, 15) is 14.7 Å². The Balaban J connectivity index is 1.96. The monoisotopic (exact) mass is 518 g/mol. The van der Waals surface area contributed by atoms with E-state index in [0.29, 0.717) is 34.2 Å². The molecule has 1 heterocycles. The molecule has 198 valence electrons. The maximum Gasteiger partial charge on any atom is 0.300 e. The molecule has 3 aromatic carbocycles. The SMILES string of the molecule is COc1ccc(/C(O)=C2/C(=O)C(=O)N(c3ccc(OC)c(OC)c3)C2c2ccc(N(C)C)cc2)c(OC)c1. The molecule has 1 N–H and O–H groups in total. The number of benzene rings is 3. The molecule has 1 aliphatic heterocycles. The fourth-order valence-electron chi connectivity index (χ4n) is 4.48. The van der Waals surface area contributed by atoms with Gasteiger partial charge in [-0.15, -0.1) is 0 Å². The van der Waals surface area contributed by atoms with Gasteiger partial charge in [-0.2, -0.15) is 0 Å². The molecule has 0 spiro atoms. The molecule has 0 aromatic heterocycles. The lowest BCUT2D eigenvalue weighted by Gasteiger charge is -2.26. The summed E-state index contributed by atoms with van der Waals surface area (Å²) in [5.41, 5.74) is 2.18. The van der Waals surface area contributed by atoms with E-state index in [2.05, 4.69) is 0 Å². The smallest absolute Gasteiger partial charge is 0.300 e. The number of anilines is 2. The fourth-order valence-corrected chi connectivity index (χ4v) is 4.48. The number of rotatable bonds is 8. The fraction of sp³-hybridized carbons (Fsp3) is 0.241. The van der Waals surface area contributed by atoms with E-state index in [4.69, 9.17) is 18.9 Å². The van der Waals surface area contributed by atoms with Gasteiger partial charge in [-0.05, 0) is 42.0 Å². The molecule has 0 radical (unpaired) electrons. The molecule has 9 heteroatoms. The highest BCUT2D eigenvalue weighted by atomic mass is 16.5. The zero-order valence-corrected chi connectivity index (χ0v) is 22.1. The topological polar surface area (TPSA) is 97.8 Å². The molecule has 1 aliphatic rings. The van der Waals surface area contributed by atoms with Crippen LogP contribution in [0.4, 0.5) is 11.4 Å². The second-order valence-electron chi connectivity index (χ2n) is 8.76. The van der Waals surface area contributed by atoms with Crippen LogP contribution in [0.2, 0.25) is 0 Å². The summed E-state index contributed by atoms with van der Waals surface area (Å²) < 4.78 is 21.5. The molecule has 0 bridgehead atoms. The molecular weight excluding hydrogens is 488 g/mol. The third-order valence-corrected chi connectivity index (χ3v) is 6.48. The van der Waals surface area contributed by atoms with Crippen LogP contribution in [0.3, 0.4) is 0 Å². The number of amides is 1. The van der Waals surface area contributed by atoms with Crippen LogP contribution in [0.5, 0.6) is 23.0 Å². The first-order chi connectivity index (χ1) is 18.2. The van der Waals surface area contributed by atoms with E-state index in [1.54, 1.807) is 36.4 Å². The van der Waals surface area contributed by atoms with Crippen LogP contribution in [0.25, 0.3) is 5.76 Å². The largest absolute Gasteiger partial charge is 0.507 e. The summed E-state index contributed by atoms with van der Waals surface area (Å²) in [6.45, 7) is 0. The summed E-state index contributed by atoms with van der Waals surface area (Å²) in [5.74, 6) is -0.286. The van der Waals surface area contributed by atoms with Gasteiger partial charge in [0.25, 0.3) is 11.7 Å². The highest BCUT2D eigenvalue weighted by Gasteiger charge is 2.47. The van der Waals surface area contributed by atoms with Gasteiger partial charge in [0.1, 0.15) is 17.3 Å². The van der Waals surface area contributed by atoms with Crippen LogP contribution in [0.1, 0.15) is 17.2 Å². The third-order valence-electron chi connectivity index (χ3n) is 6.48. The van der Waals surface area contributed by atoms with Gasteiger partial charge < -0.3 is 29.0 Å². The van der Waals surface area contributed by atoms with Crippen molar-refractivity contribution in [2.75, 3.05) is 52.3 Å². The van der Waals surface area contributed by atoms with Gasteiger partial charge in [-0.3, -0.25) is 14.5 Å². The van der Waals surface area contributed by atoms with Crippen molar-refractivity contribution in [3.63, 3.8) is 0 Å². The van der Waals surface area contributed by atoms with Crippen LogP contribution < -0.4 is 28.7 Å². The minimum absolute atomic E-state index is 0.0640. The number of carbonyl (C=O) groups excluding carboxylic acids is 2. The minimum atomic E-state index is -0.920. The number of hydrogen-bond donors (Lipinski definition) is 1. The predicted molar refractivity (Wildman–Crippen MR) is 145 cm³/mol. The summed E-state index contributed by atoms with van der Waals surface area (Å²) >= 11 is 0. The molecular formula is C29H30N2O7. The Labute approximate surface area is 221 Å². The first-order valence-electron chi connectivity index (χ1n) is 11.8. The lowest BCUT2D eigenvalue weighted by Crippen LogP contribution is -2.29. The number of aliphatic hydroxyl groups excluding tert-OH is 1. The Bertz CT molecular complexity index is 1400. The van der Waals surface area contributed by atoms with E-state index in [0.717, 1.165) is 5.69 Å². The van der Waals surface area contributed by atoms with Crippen molar-refractivity contribution in [1.82, 2.24) is 0 Å². The maximum absolute atomic E-state index is 13.5. The number of ketones is 1. The van der Waals surface area contributed by atoms with Crippen LogP contribution >= 0.6 is 0 Å². The molecule has 9 nitrogen and oxygen atoms in total. The maximum atomic E-state index is 13.5. The molecule has 1 saturated heterocycles. The number of carbonyl (C=O) groups is 2. The van der Waals surface area contributed by atoms with Crippen LogP contribution in [-0.4, -0.2) is 59.3 Å². The molecule has 3 aromatic rings. The van der Waals surface area contributed by atoms with Crippen molar-refractivity contribution >= 4 is 28.8 Å². The molecule has 0 aliphatic carbocycles. The molecule has 1 amide bonds. The van der Waals surface area contributed by atoms with Crippen molar-refractivity contribution in [3.8, 4) is 23.0 Å². The Morgan fingerprint density at radius 3 is 2.03 bits per heavy atom. The Morgan fingerprint density at radius 1 is 0.789 bits per heavy atom. The summed E-state index contributed by atoms with van der Waals surface area (Å²) in [5, 5.41) is 11.5. The number of Topliss-reactive ketones (excluding diaryl/α,β-unsaturated/α-hetero) is 1. The Kier molecular flexibility index (Phi) is 7.47. The quantitative estimate of drug-likeness (QED) is 0.266. The van der Waals surface area contributed by atoms with Crippen molar-refractivity contribution in [1.29, 1.82) is 0 Å². The van der Waals surface area contributed by atoms with Crippen LogP contribution in [-0.2, 0) is 9.59 Å². The second-order valence-corrected chi connectivity index (χ2v) is 8.76. The Hall–Kier alpha value is -4.66. The third kappa shape index (κ3) is 4.58. The zero-order chi connectivity index (χ0) is 27.6. The molecule has 1 atom stereocenters. The number of aliphatic hydroxyl groups is 1. The number of nitrogens with zero attached hydrogens (tertiary/aromatic N) is 2. The van der Waals surface area contributed by atoms with Gasteiger partial charge in [-0.25, -0.2) is 0 Å². The van der Waals surface area contributed by atoms with Crippen molar-refractivity contribution in [2.24, 2.45) is 0 Å². The van der Waals surface area contributed by atoms with Crippen molar-refractivity contribution < 1.29 is 33.6 Å². The molecule has 0 saturated carbocycles. The zero-order valence-electron chi connectivity index (χ0n) is 22.1. The molecule has 38 heavy (non-hydrogen) atoms. The van der Waals surface area contributed by atoms with E-state index in [-0.39, 0.29) is 16.9 Å². The minimum Gasteiger partial charge on any atom is -0.507 e. The van der Waals surface area contributed by atoms with Crippen LogP contribution in [0.15, 0.2) is 66.2 Å². The average Bonchev–Trinajstić information content (AvgIpc) is 3.21. The lowest BCUT2D eigenvalue weighted by molar-refractivity contribution is -0.132. The number of hydrogen-bond acceptors (Lipinski definition) is 8. The number of methoxy groups -OCH3 is 4. The summed E-state index contributed by atoms with van der Waals surface area (Å²) in [7, 11) is 9.80. The standard InChI is InChI=1S/C29H30N2O7/c1-30(2)18-9-7-17(8-10-18)26-25(27(32)21-13-12-20(35-3)16-23(21)37-5)28(33)29(34)31(26)19-11-14-22(36-4)24(15-19)38-6/h7-16,26,32H,1-6H3/b27-25-. The van der Waals surface area contributed by atoms with E-state index in [1.165, 1.54) is 33.3 Å².